The standard InChI is InChI=1S/C26H23ClN2O5/c1-14-8-15(2)10-17(9-14)29-23(16-6-5-7-28-13-16)22(25(31)26(29)32)24(30)18-11-21(34-4)19(27)12-20(18)33-3/h5-13,23,30H,1-4H3/b24-22+. The molecule has 0 radical (unpaired) electrons. The first kappa shape index (κ1) is 23.3. The molecule has 34 heavy (non-hydrogen) atoms. The van der Waals surface area contributed by atoms with Gasteiger partial charge in [-0.1, -0.05) is 23.7 Å². The predicted octanol–water partition coefficient (Wildman–Crippen LogP) is 5.00. The van der Waals surface area contributed by atoms with Crippen LogP contribution in [0.4, 0.5) is 5.69 Å². The SMILES string of the molecule is COc1cc(/C(O)=C2\C(=O)C(=O)N(c3cc(C)cc(C)c3)C2c2cccnc2)c(OC)cc1Cl. The lowest BCUT2D eigenvalue weighted by Crippen LogP contribution is -2.29. The largest absolute Gasteiger partial charge is 0.507 e. The Balaban J connectivity index is 2.01. The van der Waals surface area contributed by atoms with Crippen LogP contribution in [0, 0.1) is 13.8 Å². The molecule has 3 aromatic rings. The van der Waals surface area contributed by atoms with Crippen LogP contribution in [0.25, 0.3) is 5.76 Å². The average Bonchev–Trinajstić information content (AvgIpc) is 3.08. The molecule has 1 amide bonds. The number of rotatable bonds is 5. The summed E-state index contributed by atoms with van der Waals surface area (Å²) < 4.78 is 10.7. The number of Topliss-reactive ketones (excluding diaryl/α,β-unsaturated/α-hetero) is 1. The second kappa shape index (κ2) is 9.19. The zero-order valence-corrected chi connectivity index (χ0v) is 19.9. The summed E-state index contributed by atoms with van der Waals surface area (Å²) in [7, 11) is 2.85. The van der Waals surface area contributed by atoms with Crippen LogP contribution in [0.15, 0.2) is 60.4 Å². The number of aliphatic hydroxyl groups is 1. The fourth-order valence-corrected chi connectivity index (χ4v) is 4.46. The van der Waals surface area contributed by atoms with Crippen LogP contribution >= 0.6 is 11.6 Å². The Morgan fingerprint density at radius 1 is 1.03 bits per heavy atom. The topological polar surface area (TPSA) is 89.0 Å². The summed E-state index contributed by atoms with van der Waals surface area (Å²) in [5.74, 6) is -1.45. The van der Waals surface area contributed by atoms with Gasteiger partial charge in [-0.15, -0.1) is 0 Å². The highest BCUT2D eigenvalue weighted by Crippen LogP contribution is 2.44. The molecule has 0 saturated carbocycles. The van der Waals surface area contributed by atoms with E-state index in [9.17, 15) is 14.7 Å². The van der Waals surface area contributed by atoms with Gasteiger partial charge in [0, 0.05) is 24.1 Å². The number of benzene rings is 2. The van der Waals surface area contributed by atoms with Crippen molar-refractivity contribution in [3.05, 3.63) is 87.7 Å². The molecule has 0 bridgehead atoms. The monoisotopic (exact) mass is 478 g/mol. The van der Waals surface area contributed by atoms with Crippen molar-refractivity contribution in [2.45, 2.75) is 19.9 Å². The number of methoxy groups -OCH3 is 2. The first-order valence-corrected chi connectivity index (χ1v) is 10.9. The van der Waals surface area contributed by atoms with Crippen LogP contribution in [-0.2, 0) is 9.59 Å². The number of ketones is 1. The number of ether oxygens (including phenoxy) is 2. The third kappa shape index (κ3) is 3.99. The lowest BCUT2D eigenvalue weighted by molar-refractivity contribution is -0.132. The lowest BCUT2D eigenvalue weighted by atomic mass is 9.95. The number of anilines is 1. The maximum atomic E-state index is 13.4. The van der Waals surface area contributed by atoms with Gasteiger partial charge in [-0.2, -0.15) is 0 Å². The molecular weight excluding hydrogens is 456 g/mol. The second-order valence-electron chi connectivity index (χ2n) is 7.99. The van der Waals surface area contributed by atoms with E-state index in [1.54, 1.807) is 24.5 Å². The number of hydrogen-bond donors (Lipinski definition) is 1. The number of aromatic nitrogens is 1. The third-order valence-electron chi connectivity index (χ3n) is 5.66. The first-order chi connectivity index (χ1) is 16.3. The van der Waals surface area contributed by atoms with Crippen LogP contribution in [-0.4, -0.2) is 36.0 Å². The number of carbonyl (C=O) groups is 2. The smallest absolute Gasteiger partial charge is 0.300 e. The number of aryl methyl sites for hydroxylation is 2. The Labute approximate surface area is 202 Å². The highest BCUT2D eigenvalue weighted by atomic mass is 35.5. The average molecular weight is 479 g/mol. The number of halogens is 1. The summed E-state index contributed by atoms with van der Waals surface area (Å²) in [5.41, 5.74) is 3.09. The van der Waals surface area contributed by atoms with E-state index in [1.165, 1.54) is 31.3 Å². The van der Waals surface area contributed by atoms with E-state index >= 15 is 0 Å². The Hall–Kier alpha value is -3.84. The summed E-state index contributed by atoms with van der Waals surface area (Å²) in [6.45, 7) is 3.83. The molecule has 174 valence electrons. The summed E-state index contributed by atoms with van der Waals surface area (Å²) in [6, 6.07) is 11.1. The molecule has 1 aromatic heterocycles. The summed E-state index contributed by atoms with van der Waals surface area (Å²) in [4.78, 5) is 32.2. The number of hydrogen-bond acceptors (Lipinski definition) is 6. The van der Waals surface area contributed by atoms with Gasteiger partial charge in [0.2, 0.25) is 0 Å². The van der Waals surface area contributed by atoms with E-state index in [4.69, 9.17) is 21.1 Å². The highest BCUT2D eigenvalue weighted by molar-refractivity contribution is 6.51. The molecule has 0 spiro atoms. The molecule has 1 unspecified atom stereocenters. The Morgan fingerprint density at radius 2 is 1.71 bits per heavy atom. The summed E-state index contributed by atoms with van der Waals surface area (Å²) in [5, 5.41) is 11.7. The molecule has 1 aliphatic heterocycles. The van der Waals surface area contributed by atoms with Crippen molar-refractivity contribution in [3.63, 3.8) is 0 Å². The van der Waals surface area contributed by atoms with Gasteiger partial charge < -0.3 is 14.6 Å². The van der Waals surface area contributed by atoms with Crippen molar-refractivity contribution in [2.75, 3.05) is 19.1 Å². The molecule has 2 aromatic carbocycles. The van der Waals surface area contributed by atoms with Crippen LogP contribution in [0.5, 0.6) is 11.5 Å². The van der Waals surface area contributed by atoms with Crippen molar-refractivity contribution in [3.8, 4) is 11.5 Å². The van der Waals surface area contributed by atoms with Gasteiger partial charge in [-0.3, -0.25) is 19.5 Å². The van der Waals surface area contributed by atoms with E-state index in [0.29, 0.717) is 11.3 Å². The van der Waals surface area contributed by atoms with Gasteiger partial charge >= 0.3 is 0 Å². The molecule has 1 N–H and O–H groups in total. The van der Waals surface area contributed by atoms with E-state index in [-0.39, 0.29) is 27.7 Å². The number of nitrogens with zero attached hydrogens (tertiary/aromatic N) is 2. The van der Waals surface area contributed by atoms with E-state index in [2.05, 4.69) is 4.98 Å². The number of carbonyl (C=O) groups excluding carboxylic acids is 2. The molecule has 1 saturated heterocycles. The molecular formula is C26H23ClN2O5. The molecule has 7 nitrogen and oxygen atoms in total. The molecule has 2 heterocycles. The normalized spacial score (nSPS) is 17.2. The predicted molar refractivity (Wildman–Crippen MR) is 129 cm³/mol. The fraction of sp³-hybridized carbons (Fsp3) is 0.192. The Morgan fingerprint density at radius 3 is 2.29 bits per heavy atom. The van der Waals surface area contributed by atoms with Gasteiger partial charge in [0.05, 0.1) is 36.4 Å². The number of amides is 1. The van der Waals surface area contributed by atoms with Crippen molar-refractivity contribution in [1.29, 1.82) is 0 Å². The van der Waals surface area contributed by atoms with Gasteiger partial charge in [-0.05, 0) is 54.8 Å². The first-order valence-electron chi connectivity index (χ1n) is 10.5. The van der Waals surface area contributed by atoms with Crippen LogP contribution in [0.1, 0.15) is 28.3 Å². The summed E-state index contributed by atoms with van der Waals surface area (Å²) >= 11 is 6.21. The molecule has 4 rings (SSSR count). The van der Waals surface area contributed by atoms with Crippen LogP contribution < -0.4 is 14.4 Å². The molecule has 1 atom stereocenters. The zero-order chi connectivity index (χ0) is 24.6. The van der Waals surface area contributed by atoms with Crippen molar-refractivity contribution in [1.82, 2.24) is 4.98 Å². The van der Waals surface area contributed by atoms with Crippen LogP contribution in [0.2, 0.25) is 5.02 Å². The Bertz CT molecular complexity index is 1300. The van der Waals surface area contributed by atoms with Crippen molar-refractivity contribution in [2.24, 2.45) is 0 Å². The maximum absolute atomic E-state index is 13.4. The van der Waals surface area contributed by atoms with Crippen molar-refractivity contribution >= 4 is 34.7 Å². The molecule has 8 heteroatoms. The minimum Gasteiger partial charge on any atom is -0.507 e. The Kier molecular flexibility index (Phi) is 6.30. The minimum absolute atomic E-state index is 0.0835. The van der Waals surface area contributed by atoms with Gasteiger partial charge in [0.25, 0.3) is 11.7 Å². The molecule has 0 aliphatic carbocycles. The van der Waals surface area contributed by atoms with Crippen molar-refractivity contribution < 1.29 is 24.2 Å². The molecule has 1 fully saturated rings. The highest BCUT2D eigenvalue weighted by Gasteiger charge is 2.47. The zero-order valence-electron chi connectivity index (χ0n) is 19.1. The second-order valence-corrected chi connectivity index (χ2v) is 8.40. The van der Waals surface area contributed by atoms with E-state index < -0.39 is 23.5 Å². The third-order valence-corrected chi connectivity index (χ3v) is 5.95. The minimum atomic E-state index is -0.902. The van der Waals surface area contributed by atoms with E-state index in [1.807, 2.05) is 32.0 Å². The quantitative estimate of drug-likeness (QED) is 0.315. The van der Waals surface area contributed by atoms with Gasteiger partial charge in [0.15, 0.2) is 0 Å². The summed E-state index contributed by atoms with van der Waals surface area (Å²) in [6.07, 6.45) is 3.17. The van der Waals surface area contributed by atoms with Gasteiger partial charge in [0.1, 0.15) is 17.3 Å². The number of aliphatic hydroxyl groups excluding tert-OH is 1. The van der Waals surface area contributed by atoms with Crippen LogP contribution in [0.3, 0.4) is 0 Å². The fourth-order valence-electron chi connectivity index (χ4n) is 4.23. The lowest BCUT2D eigenvalue weighted by Gasteiger charge is -2.26. The molecule has 1 aliphatic rings. The van der Waals surface area contributed by atoms with E-state index in [0.717, 1.165) is 11.1 Å². The maximum Gasteiger partial charge on any atom is 0.300 e. The van der Waals surface area contributed by atoms with Gasteiger partial charge in [-0.25, -0.2) is 0 Å². The number of pyridine rings is 1.